The first-order valence-corrected chi connectivity index (χ1v) is 7.87. The number of anilines is 2. The summed E-state index contributed by atoms with van der Waals surface area (Å²) in [6.07, 6.45) is 3.26. The lowest BCUT2D eigenvalue weighted by atomic mass is 10.1. The molecule has 3 rings (SSSR count). The molecule has 23 heavy (non-hydrogen) atoms. The second-order valence-electron chi connectivity index (χ2n) is 6.08. The van der Waals surface area contributed by atoms with Crippen molar-refractivity contribution in [3.63, 3.8) is 0 Å². The van der Waals surface area contributed by atoms with E-state index in [2.05, 4.69) is 25.0 Å². The highest BCUT2D eigenvalue weighted by atomic mass is 16.5. The molecule has 8 nitrogen and oxygen atoms in total. The van der Waals surface area contributed by atoms with Crippen LogP contribution in [-0.2, 0) is 0 Å². The quantitative estimate of drug-likeness (QED) is 0.912. The molecule has 2 aromatic heterocycles. The maximum Gasteiger partial charge on any atom is 0.324 e. The molecular formula is C15H22N6O2. The molecule has 2 aromatic rings. The smallest absolute Gasteiger partial charge is 0.324 e. The van der Waals surface area contributed by atoms with E-state index in [9.17, 15) is 0 Å². The Morgan fingerprint density at radius 2 is 2.04 bits per heavy atom. The molecule has 0 aromatic carbocycles. The summed E-state index contributed by atoms with van der Waals surface area (Å²) in [5, 5.41) is 4.01. The molecule has 3 heterocycles. The Labute approximate surface area is 135 Å². The number of piperidine rings is 1. The van der Waals surface area contributed by atoms with Crippen molar-refractivity contribution in [2.24, 2.45) is 0 Å². The molecule has 0 aliphatic carbocycles. The van der Waals surface area contributed by atoms with Gasteiger partial charge < -0.3 is 19.9 Å². The monoisotopic (exact) mass is 318 g/mol. The van der Waals surface area contributed by atoms with Crippen molar-refractivity contribution in [1.82, 2.24) is 20.1 Å². The van der Waals surface area contributed by atoms with Crippen molar-refractivity contribution >= 4 is 11.8 Å². The summed E-state index contributed by atoms with van der Waals surface area (Å²) >= 11 is 0. The molecule has 0 amide bonds. The van der Waals surface area contributed by atoms with Crippen molar-refractivity contribution in [2.45, 2.75) is 45.6 Å². The summed E-state index contributed by atoms with van der Waals surface area (Å²) in [5.41, 5.74) is 6.57. The van der Waals surface area contributed by atoms with Crippen molar-refractivity contribution in [1.29, 1.82) is 0 Å². The third-order valence-electron chi connectivity index (χ3n) is 4.02. The largest absolute Gasteiger partial charge is 0.474 e. The molecule has 1 aliphatic rings. The van der Waals surface area contributed by atoms with Crippen LogP contribution in [-0.4, -0.2) is 39.3 Å². The van der Waals surface area contributed by atoms with Crippen LogP contribution in [0.25, 0.3) is 0 Å². The number of hydrogen-bond acceptors (Lipinski definition) is 8. The molecule has 1 fully saturated rings. The zero-order valence-corrected chi connectivity index (χ0v) is 13.7. The van der Waals surface area contributed by atoms with Crippen LogP contribution >= 0.6 is 0 Å². The van der Waals surface area contributed by atoms with Gasteiger partial charge in [-0.2, -0.15) is 4.98 Å². The molecule has 0 radical (unpaired) electrons. The Morgan fingerprint density at radius 1 is 1.30 bits per heavy atom. The number of nitrogens with two attached hydrogens (primary N) is 1. The van der Waals surface area contributed by atoms with E-state index in [1.54, 1.807) is 0 Å². The van der Waals surface area contributed by atoms with Gasteiger partial charge in [0, 0.05) is 31.8 Å². The van der Waals surface area contributed by atoms with Crippen molar-refractivity contribution in [2.75, 3.05) is 23.7 Å². The first kappa shape index (κ1) is 15.5. The zero-order valence-electron chi connectivity index (χ0n) is 13.7. The molecule has 124 valence electrons. The molecule has 0 atom stereocenters. The van der Waals surface area contributed by atoms with Crippen LogP contribution in [0.3, 0.4) is 0 Å². The summed E-state index contributed by atoms with van der Waals surface area (Å²) in [6.45, 7) is 7.58. The highest BCUT2D eigenvalue weighted by Crippen LogP contribution is 2.25. The number of rotatable bonds is 4. The summed E-state index contributed by atoms with van der Waals surface area (Å²) in [7, 11) is 0. The van der Waals surface area contributed by atoms with Gasteiger partial charge in [-0.15, -0.1) is 0 Å². The Kier molecular flexibility index (Phi) is 4.31. The van der Waals surface area contributed by atoms with Crippen LogP contribution in [0.1, 0.15) is 44.0 Å². The molecule has 0 unspecified atom stereocenters. The Hall–Kier alpha value is -2.38. The van der Waals surface area contributed by atoms with Gasteiger partial charge in [0.05, 0.1) is 5.56 Å². The minimum atomic E-state index is 0.103. The third kappa shape index (κ3) is 3.35. The van der Waals surface area contributed by atoms with Crippen LogP contribution in [0.15, 0.2) is 10.9 Å². The zero-order chi connectivity index (χ0) is 16.4. The minimum Gasteiger partial charge on any atom is -0.474 e. The number of nitrogens with zero attached hydrogens (tertiary/aromatic N) is 5. The lowest BCUT2D eigenvalue weighted by Crippen LogP contribution is -2.38. The average molecular weight is 318 g/mol. The molecule has 1 aliphatic heterocycles. The fourth-order valence-electron chi connectivity index (χ4n) is 2.48. The Bertz CT molecular complexity index is 664. The van der Waals surface area contributed by atoms with E-state index in [0.29, 0.717) is 17.7 Å². The van der Waals surface area contributed by atoms with E-state index < -0.39 is 0 Å². The molecular weight excluding hydrogens is 296 g/mol. The second kappa shape index (κ2) is 6.39. The van der Waals surface area contributed by atoms with Gasteiger partial charge in [0.1, 0.15) is 18.2 Å². The van der Waals surface area contributed by atoms with Gasteiger partial charge in [-0.3, -0.25) is 0 Å². The highest BCUT2D eigenvalue weighted by Gasteiger charge is 2.25. The molecule has 1 saturated heterocycles. The SMILES string of the molecule is Cc1c(N)ncnc1OC1CCN(c2nc(C(C)C)no2)CC1. The molecule has 0 saturated carbocycles. The first-order valence-electron chi connectivity index (χ1n) is 7.87. The van der Waals surface area contributed by atoms with Crippen LogP contribution < -0.4 is 15.4 Å². The van der Waals surface area contributed by atoms with E-state index in [1.807, 2.05) is 20.8 Å². The number of nitrogen functional groups attached to an aromatic ring is 1. The van der Waals surface area contributed by atoms with Crippen LogP contribution in [0, 0.1) is 6.92 Å². The standard InChI is InChI=1S/C15H22N6O2/c1-9(2)13-19-15(23-20-13)21-6-4-11(5-7-21)22-14-10(3)12(16)17-8-18-14/h8-9,11H,4-7H2,1-3H3,(H2,16,17,18). The summed E-state index contributed by atoms with van der Waals surface area (Å²) in [5.74, 6) is 2.03. The molecule has 2 N–H and O–H groups in total. The van der Waals surface area contributed by atoms with Gasteiger partial charge in [0.25, 0.3) is 0 Å². The van der Waals surface area contributed by atoms with E-state index in [4.69, 9.17) is 15.0 Å². The third-order valence-corrected chi connectivity index (χ3v) is 4.02. The maximum absolute atomic E-state index is 5.97. The lowest BCUT2D eigenvalue weighted by molar-refractivity contribution is 0.160. The van der Waals surface area contributed by atoms with E-state index >= 15 is 0 Å². The van der Waals surface area contributed by atoms with E-state index in [1.165, 1.54) is 6.33 Å². The van der Waals surface area contributed by atoms with Gasteiger partial charge in [0.15, 0.2) is 5.82 Å². The molecule has 0 spiro atoms. The van der Waals surface area contributed by atoms with Gasteiger partial charge in [-0.1, -0.05) is 19.0 Å². The summed E-state index contributed by atoms with van der Waals surface area (Å²) in [4.78, 5) is 14.7. The van der Waals surface area contributed by atoms with Gasteiger partial charge >= 0.3 is 6.01 Å². The fraction of sp³-hybridized carbons (Fsp3) is 0.600. The maximum atomic E-state index is 5.97. The minimum absolute atomic E-state index is 0.103. The summed E-state index contributed by atoms with van der Waals surface area (Å²) < 4.78 is 11.3. The van der Waals surface area contributed by atoms with Crippen LogP contribution in [0.4, 0.5) is 11.8 Å². The average Bonchev–Trinajstić information content (AvgIpc) is 3.03. The molecule has 0 bridgehead atoms. The molecule has 8 heteroatoms. The van der Waals surface area contributed by atoms with E-state index in [0.717, 1.165) is 37.3 Å². The lowest BCUT2D eigenvalue weighted by Gasteiger charge is -2.30. The number of hydrogen-bond donors (Lipinski definition) is 1. The Balaban J connectivity index is 1.58. The van der Waals surface area contributed by atoms with Gasteiger partial charge in [-0.05, 0) is 6.92 Å². The van der Waals surface area contributed by atoms with Crippen LogP contribution in [0.5, 0.6) is 5.88 Å². The second-order valence-corrected chi connectivity index (χ2v) is 6.08. The highest BCUT2D eigenvalue weighted by molar-refractivity contribution is 5.43. The predicted molar refractivity (Wildman–Crippen MR) is 85.4 cm³/mol. The number of aromatic nitrogens is 4. The fourth-order valence-corrected chi connectivity index (χ4v) is 2.48. The topological polar surface area (TPSA) is 103 Å². The Morgan fingerprint density at radius 3 is 2.70 bits per heavy atom. The van der Waals surface area contributed by atoms with Crippen molar-refractivity contribution in [3.05, 3.63) is 17.7 Å². The normalized spacial score (nSPS) is 16.1. The summed E-state index contributed by atoms with van der Waals surface area (Å²) in [6, 6.07) is 0.592. The first-order chi connectivity index (χ1) is 11.0. The predicted octanol–water partition coefficient (Wildman–Crippen LogP) is 1.92. The van der Waals surface area contributed by atoms with Gasteiger partial charge in [-0.25, -0.2) is 9.97 Å². The van der Waals surface area contributed by atoms with Crippen LogP contribution in [0.2, 0.25) is 0 Å². The van der Waals surface area contributed by atoms with E-state index in [-0.39, 0.29) is 12.0 Å². The van der Waals surface area contributed by atoms with Crippen molar-refractivity contribution in [3.8, 4) is 5.88 Å². The van der Waals surface area contributed by atoms with Gasteiger partial charge in [0.2, 0.25) is 5.88 Å². The van der Waals surface area contributed by atoms with Crippen molar-refractivity contribution < 1.29 is 9.26 Å². The number of ether oxygens (including phenoxy) is 1.